The Labute approximate surface area is 252 Å². The minimum absolute atomic E-state index is 0.0855. The van der Waals surface area contributed by atoms with Crippen molar-refractivity contribution >= 4 is 31.8 Å². The Morgan fingerprint density at radius 2 is 0.975 bits per heavy atom. The summed E-state index contributed by atoms with van der Waals surface area (Å²) in [5, 5.41) is 4.91. The van der Waals surface area contributed by atoms with Crippen LogP contribution in [0.5, 0.6) is 0 Å². The average molecular weight is 579 g/mol. The van der Waals surface area contributed by atoms with Crippen molar-refractivity contribution in [2.45, 2.75) is 157 Å². The van der Waals surface area contributed by atoms with Gasteiger partial charge in [-0.3, -0.25) is 0 Å². The highest BCUT2D eigenvalue weighted by atomic mass is 31.1. The molecule has 3 rings (SSSR count). The predicted octanol–water partition coefficient (Wildman–Crippen LogP) is 11.0. The Morgan fingerprint density at radius 3 is 1.35 bits per heavy atom. The van der Waals surface area contributed by atoms with Gasteiger partial charge in [0.1, 0.15) is 0 Å². The van der Waals surface area contributed by atoms with Gasteiger partial charge in [-0.25, -0.2) is 0 Å². The topological polar surface area (TPSA) is 0 Å². The number of hydrogen-bond acceptors (Lipinski definition) is 0. The van der Waals surface area contributed by atoms with Crippen LogP contribution < -0.4 is 10.6 Å². The molecule has 0 fully saturated rings. The standard InChI is InChI=1S/C38H60P2/c1-24(39-31-27(35(8,9)10)19-25(33(2,3)4)20-28(31)36(11,12)13)40-23-38(17,18)30-22-26(34(5,6)7)21-29(32(30)40)37(14,15)16/h19-22H,23H2,1-18H3. The van der Waals surface area contributed by atoms with E-state index in [1.54, 1.807) is 26.8 Å². The molecule has 0 saturated heterocycles. The highest BCUT2D eigenvalue weighted by molar-refractivity contribution is 7.91. The first-order valence-electron chi connectivity index (χ1n) is 15.4. The zero-order valence-electron chi connectivity index (χ0n) is 29.4. The quantitative estimate of drug-likeness (QED) is 0.311. The average Bonchev–Trinajstić information content (AvgIpc) is 3.00. The molecule has 0 nitrogen and oxygen atoms in total. The SMILES string of the molecule is CC(=Pc1c(C(C)(C)C)cc(C(C)(C)C)cc1C(C)(C)C)P1CC(C)(C)c2cc(C(C)(C)C)cc(C(C)(C)C)c21. The van der Waals surface area contributed by atoms with E-state index in [1.165, 1.54) is 36.6 Å². The van der Waals surface area contributed by atoms with Gasteiger partial charge in [0.15, 0.2) is 0 Å². The maximum absolute atomic E-state index is 2.58. The Balaban J connectivity index is 2.39. The molecule has 0 amide bonds. The van der Waals surface area contributed by atoms with Gasteiger partial charge in [-0.15, -0.1) is 0 Å². The molecule has 222 valence electrons. The minimum Gasteiger partial charge on any atom is -0.0637 e. The van der Waals surface area contributed by atoms with Crippen molar-refractivity contribution in [2.24, 2.45) is 0 Å². The number of hydrogen-bond donors (Lipinski definition) is 0. The van der Waals surface area contributed by atoms with Crippen LogP contribution in [0.4, 0.5) is 0 Å². The lowest BCUT2D eigenvalue weighted by Crippen LogP contribution is -2.30. The smallest absolute Gasteiger partial charge is 0.00957 e. The predicted molar refractivity (Wildman–Crippen MR) is 188 cm³/mol. The fraction of sp³-hybridized carbons (Fsp3) is 0.658. The van der Waals surface area contributed by atoms with Crippen LogP contribution in [0.25, 0.3) is 0 Å². The Kier molecular flexibility index (Phi) is 8.67. The number of rotatable bonds is 2. The maximum Gasteiger partial charge on any atom is 0.00957 e. The molecule has 2 aromatic carbocycles. The molecule has 0 N–H and O–H groups in total. The van der Waals surface area contributed by atoms with Crippen LogP contribution in [0.15, 0.2) is 24.3 Å². The van der Waals surface area contributed by atoms with E-state index in [4.69, 9.17) is 0 Å². The van der Waals surface area contributed by atoms with Crippen LogP contribution in [0.3, 0.4) is 0 Å². The Bertz CT molecular complexity index is 1260. The zero-order chi connectivity index (χ0) is 31.0. The van der Waals surface area contributed by atoms with E-state index in [0.29, 0.717) is 0 Å². The first-order chi connectivity index (χ1) is 17.7. The molecule has 0 saturated carbocycles. The third-order valence-corrected chi connectivity index (χ3v) is 13.6. The molecule has 40 heavy (non-hydrogen) atoms. The fourth-order valence-electron chi connectivity index (χ4n) is 5.84. The third-order valence-electron chi connectivity index (χ3n) is 8.59. The molecular weight excluding hydrogens is 518 g/mol. The largest absolute Gasteiger partial charge is 0.0637 e. The Morgan fingerprint density at radius 1 is 0.600 bits per heavy atom. The summed E-state index contributed by atoms with van der Waals surface area (Å²) in [6.45, 7) is 43.3. The van der Waals surface area contributed by atoms with Crippen molar-refractivity contribution in [3.8, 4) is 0 Å². The summed E-state index contributed by atoms with van der Waals surface area (Å²) in [4.78, 5) is 0. The van der Waals surface area contributed by atoms with Crippen LogP contribution in [-0.2, 0) is 32.5 Å². The lowest BCUT2D eigenvalue weighted by Gasteiger charge is -2.33. The molecule has 0 radical (unpaired) electrons. The highest BCUT2D eigenvalue weighted by Gasteiger charge is 2.42. The van der Waals surface area contributed by atoms with Gasteiger partial charge in [-0.05, 0) is 97.2 Å². The molecule has 1 unspecified atom stereocenters. The molecule has 1 heterocycles. The summed E-state index contributed by atoms with van der Waals surface area (Å²) >= 11 is 0. The summed E-state index contributed by atoms with van der Waals surface area (Å²) in [7, 11) is 1.03. The van der Waals surface area contributed by atoms with Gasteiger partial charge in [0.05, 0.1) is 0 Å². The maximum atomic E-state index is 2.58. The lowest BCUT2D eigenvalue weighted by molar-refractivity contribution is 0.554. The van der Waals surface area contributed by atoms with E-state index in [-0.39, 0.29) is 40.4 Å². The van der Waals surface area contributed by atoms with E-state index in [2.05, 4.69) is 149 Å². The van der Waals surface area contributed by atoms with Gasteiger partial charge in [0.2, 0.25) is 0 Å². The Hall–Kier alpha value is -0.960. The van der Waals surface area contributed by atoms with E-state index < -0.39 is 0 Å². The summed E-state index contributed by atoms with van der Waals surface area (Å²) in [5.41, 5.74) is 9.93. The first kappa shape index (κ1) is 33.5. The number of fused-ring (bicyclic) bond motifs is 1. The highest BCUT2D eigenvalue weighted by Crippen LogP contribution is 2.55. The molecule has 2 aromatic rings. The van der Waals surface area contributed by atoms with Crippen LogP contribution in [0, 0.1) is 0 Å². The minimum atomic E-state index is -0.390. The molecule has 2 heteroatoms. The van der Waals surface area contributed by atoms with Crippen molar-refractivity contribution in [2.75, 3.05) is 6.16 Å². The van der Waals surface area contributed by atoms with Gasteiger partial charge in [0.25, 0.3) is 0 Å². The monoisotopic (exact) mass is 578 g/mol. The molecule has 0 bridgehead atoms. The second-order valence-electron chi connectivity index (χ2n) is 18.2. The van der Waals surface area contributed by atoms with E-state index >= 15 is 0 Å². The van der Waals surface area contributed by atoms with Crippen molar-refractivity contribution in [3.63, 3.8) is 0 Å². The van der Waals surface area contributed by atoms with Crippen molar-refractivity contribution in [1.29, 1.82) is 0 Å². The van der Waals surface area contributed by atoms with Gasteiger partial charge in [-0.2, -0.15) is 0 Å². The van der Waals surface area contributed by atoms with Gasteiger partial charge >= 0.3 is 0 Å². The normalized spacial score (nSPS) is 18.8. The summed E-state index contributed by atoms with van der Waals surface area (Å²) < 4.78 is 0. The summed E-state index contributed by atoms with van der Waals surface area (Å²) in [5.74, 6) is 0. The van der Waals surface area contributed by atoms with Gasteiger partial charge in [0, 0.05) is 5.30 Å². The van der Waals surface area contributed by atoms with E-state index in [9.17, 15) is 0 Å². The van der Waals surface area contributed by atoms with Crippen molar-refractivity contribution < 1.29 is 0 Å². The van der Waals surface area contributed by atoms with Crippen LogP contribution in [-0.4, -0.2) is 11.2 Å². The molecule has 1 aliphatic rings. The summed E-state index contributed by atoms with van der Waals surface area (Å²) in [6.07, 6.45) is 1.25. The van der Waals surface area contributed by atoms with Gasteiger partial charge in [-0.1, -0.05) is 150 Å². The zero-order valence-corrected chi connectivity index (χ0v) is 31.2. The van der Waals surface area contributed by atoms with Gasteiger partial charge < -0.3 is 0 Å². The molecule has 0 aliphatic carbocycles. The van der Waals surface area contributed by atoms with Crippen LogP contribution in [0.1, 0.15) is 158 Å². The lowest BCUT2D eigenvalue weighted by atomic mass is 9.75. The second kappa shape index (κ2) is 10.3. The first-order valence-corrected chi connectivity index (χ1v) is 17.8. The van der Waals surface area contributed by atoms with E-state index in [0.717, 1.165) is 0 Å². The molecule has 1 aliphatic heterocycles. The number of benzene rings is 2. The van der Waals surface area contributed by atoms with Crippen LogP contribution >= 0.6 is 16.1 Å². The second-order valence-corrected chi connectivity index (χ2v) is 22.2. The summed E-state index contributed by atoms with van der Waals surface area (Å²) in [6, 6.07) is 10.2. The molecular formula is C38H60P2. The van der Waals surface area contributed by atoms with Crippen molar-refractivity contribution in [1.82, 2.24) is 0 Å². The van der Waals surface area contributed by atoms with Crippen molar-refractivity contribution in [3.05, 3.63) is 57.6 Å². The molecule has 0 aromatic heterocycles. The molecule has 0 spiro atoms. The van der Waals surface area contributed by atoms with Crippen LogP contribution in [0.2, 0.25) is 0 Å². The third kappa shape index (κ3) is 6.81. The van der Waals surface area contributed by atoms with E-state index in [1.807, 2.05) is 0 Å². The molecule has 1 atom stereocenters. The fourth-order valence-corrected chi connectivity index (χ4v) is 11.5.